The van der Waals surface area contributed by atoms with E-state index in [1.54, 1.807) is 0 Å². The zero-order valence-electron chi connectivity index (χ0n) is 8.90. The Bertz CT molecular complexity index is 231. The molecule has 0 fully saturated rings. The molecular formula is C12H18O2. The molecule has 0 amide bonds. The van der Waals surface area contributed by atoms with Crippen molar-refractivity contribution in [1.82, 2.24) is 0 Å². The van der Waals surface area contributed by atoms with Gasteiger partial charge in [-0.25, -0.2) is 9.78 Å². The lowest BCUT2D eigenvalue weighted by molar-refractivity contribution is -0.299. The summed E-state index contributed by atoms with van der Waals surface area (Å²) < 4.78 is 0. The Labute approximate surface area is 85.8 Å². The van der Waals surface area contributed by atoms with E-state index in [-0.39, 0.29) is 0 Å². The molecule has 0 saturated carbocycles. The fraction of sp³-hybridized carbons (Fsp3) is 0.500. The fourth-order valence-corrected chi connectivity index (χ4v) is 1.05. The van der Waals surface area contributed by atoms with Crippen molar-refractivity contribution in [2.75, 3.05) is 13.2 Å². The zero-order chi connectivity index (χ0) is 10.2. The molecule has 1 aromatic rings. The normalized spacial score (nSPS) is 10.8. The number of hydrogen-bond acceptors (Lipinski definition) is 2. The van der Waals surface area contributed by atoms with Crippen LogP contribution in [0.3, 0.4) is 0 Å². The second kappa shape index (κ2) is 6.57. The van der Waals surface area contributed by atoms with Crippen LogP contribution in [0.4, 0.5) is 0 Å². The van der Waals surface area contributed by atoms with E-state index in [2.05, 4.69) is 26.0 Å². The van der Waals surface area contributed by atoms with E-state index in [0.717, 1.165) is 6.42 Å². The molecule has 1 rings (SSSR count). The molecule has 0 unspecified atom stereocenters. The second-order valence-electron chi connectivity index (χ2n) is 3.74. The summed E-state index contributed by atoms with van der Waals surface area (Å²) in [6.07, 6.45) is 0.902. The van der Waals surface area contributed by atoms with Gasteiger partial charge in [0.15, 0.2) is 0 Å². The maximum absolute atomic E-state index is 5.05. The van der Waals surface area contributed by atoms with Crippen LogP contribution in [0.5, 0.6) is 0 Å². The molecule has 2 heteroatoms. The highest BCUT2D eigenvalue weighted by molar-refractivity contribution is 5.14. The molecule has 0 saturated heterocycles. The first-order chi connectivity index (χ1) is 6.79. The standard InChI is InChI=1S/C12H18O2/c1-11(2)10-14-13-9-8-12-6-4-3-5-7-12/h3-7,11H,8-10H2,1-2H3. The van der Waals surface area contributed by atoms with Gasteiger partial charge in [0.25, 0.3) is 0 Å². The van der Waals surface area contributed by atoms with Gasteiger partial charge in [0.05, 0.1) is 13.2 Å². The summed E-state index contributed by atoms with van der Waals surface area (Å²) >= 11 is 0. The van der Waals surface area contributed by atoms with Gasteiger partial charge in [0.2, 0.25) is 0 Å². The Morgan fingerprint density at radius 3 is 2.43 bits per heavy atom. The molecule has 1 aromatic carbocycles. The average molecular weight is 194 g/mol. The van der Waals surface area contributed by atoms with Gasteiger partial charge >= 0.3 is 0 Å². The van der Waals surface area contributed by atoms with Crippen molar-refractivity contribution < 1.29 is 9.78 Å². The first-order valence-electron chi connectivity index (χ1n) is 5.07. The molecule has 0 atom stereocenters. The largest absolute Gasteiger partial charge is 0.236 e. The SMILES string of the molecule is CC(C)COOCCc1ccccc1. The minimum absolute atomic E-state index is 0.520. The lowest BCUT2D eigenvalue weighted by atomic mass is 10.2. The summed E-state index contributed by atoms with van der Waals surface area (Å²) in [6, 6.07) is 10.3. The maximum Gasteiger partial charge on any atom is 0.0862 e. The molecule has 2 nitrogen and oxygen atoms in total. The number of rotatable bonds is 6. The van der Waals surface area contributed by atoms with E-state index in [9.17, 15) is 0 Å². The van der Waals surface area contributed by atoms with E-state index in [0.29, 0.717) is 19.1 Å². The molecule has 0 spiro atoms. The summed E-state index contributed by atoms with van der Waals surface area (Å²) in [5.74, 6) is 0.520. The van der Waals surface area contributed by atoms with Crippen LogP contribution in [0.15, 0.2) is 30.3 Å². The van der Waals surface area contributed by atoms with E-state index >= 15 is 0 Å². The molecule has 0 N–H and O–H groups in total. The number of hydrogen-bond donors (Lipinski definition) is 0. The van der Waals surface area contributed by atoms with Crippen molar-refractivity contribution in [3.63, 3.8) is 0 Å². The second-order valence-corrected chi connectivity index (χ2v) is 3.74. The van der Waals surface area contributed by atoms with Crippen LogP contribution in [0.25, 0.3) is 0 Å². The Morgan fingerprint density at radius 2 is 1.79 bits per heavy atom. The van der Waals surface area contributed by atoms with Gasteiger partial charge in [-0.2, -0.15) is 0 Å². The Balaban J connectivity index is 2.05. The fourth-order valence-electron chi connectivity index (χ4n) is 1.05. The van der Waals surface area contributed by atoms with Gasteiger partial charge in [-0.1, -0.05) is 44.2 Å². The molecule has 0 bridgehead atoms. The van der Waals surface area contributed by atoms with Gasteiger partial charge in [-0.15, -0.1) is 0 Å². The molecule has 0 radical (unpaired) electrons. The van der Waals surface area contributed by atoms with Crippen LogP contribution in [-0.2, 0) is 16.2 Å². The molecule has 0 aromatic heterocycles. The molecule has 0 aliphatic rings. The summed E-state index contributed by atoms with van der Waals surface area (Å²) in [5, 5.41) is 0. The Morgan fingerprint density at radius 1 is 1.07 bits per heavy atom. The smallest absolute Gasteiger partial charge is 0.0862 e. The van der Waals surface area contributed by atoms with Gasteiger partial charge in [-0.05, 0) is 17.9 Å². The molecule has 0 aliphatic carbocycles. The third kappa shape index (κ3) is 5.00. The molecule has 0 aliphatic heterocycles. The topological polar surface area (TPSA) is 18.5 Å². The highest BCUT2D eigenvalue weighted by Gasteiger charge is 1.95. The van der Waals surface area contributed by atoms with Crippen LogP contribution in [0, 0.1) is 5.92 Å². The number of benzene rings is 1. The van der Waals surface area contributed by atoms with Crippen molar-refractivity contribution in [1.29, 1.82) is 0 Å². The third-order valence-electron chi connectivity index (χ3n) is 1.80. The van der Waals surface area contributed by atoms with E-state index in [1.807, 2.05) is 18.2 Å². The van der Waals surface area contributed by atoms with Crippen LogP contribution < -0.4 is 0 Å². The third-order valence-corrected chi connectivity index (χ3v) is 1.80. The van der Waals surface area contributed by atoms with E-state index in [1.165, 1.54) is 5.56 Å². The van der Waals surface area contributed by atoms with Crippen LogP contribution >= 0.6 is 0 Å². The van der Waals surface area contributed by atoms with Gasteiger partial charge in [0.1, 0.15) is 0 Å². The summed E-state index contributed by atoms with van der Waals surface area (Å²) in [4.78, 5) is 10.1. The first-order valence-corrected chi connectivity index (χ1v) is 5.07. The highest BCUT2D eigenvalue weighted by atomic mass is 17.2. The van der Waals surface area contributed by atoms with Crippen molar-refractivity contribution in [3.05, 3.63) is 35.9 Å². The summed E-state index contributed by atoms with van der Waals surface area (Å²) in [5.41, 5.74) is 1.28. The quantitative estimate of drug-likeness (QED) is 0.394. The molecule has 78 valence electrons. The van der Waals surface area contributed by atoms with Crippen LogP contribution in [-0.4, -0.2) is 13.2 Å². The maximum atomic E-state index is 5.05. The molecular weight excluding hydrogens is 176 g/mol. The van der Waals surface area contributed by atoms with Crippen LogP contribution in [0.1, 0.15) is 19.4 Å². The van der Waals surface area contributed by atoms with Crippen molar-refractivity contribution in [3.8, 4) is 0 Å². The molecule has 14 heavy (non-hydrogen) atoms. The summed E-state index contributed by atoms with van der Waals surface area (Å²) in [7, 11) is 0. The Kier molecular flexibility index (Phi) is 5.27. The average Bonchev–Trinajstić information content (AvgIpc) is 2.18. The van der Waals surface area contributed by atoms with Crippen molar-refractivity contribution >= 4 is 0 Å². The molecule has 0 heterocycles. The minimum Gasteiger partial charge on any atom is -0.236 e. The monoisotopic (exact) mass is 194 g/mol. The van der Waals surface area contributed by atoms with Crippen LogP contribution in [0.2, 0.25) is 0 Å². The summed E-state index contributed by atoms with van der Waals surface area (Å²) in [6.45, 7) is 5.48. The zero-order valence-corrected chi connectivity index (χ0v) is 8.90. The van der Waals surface area contributed by atoms with Crippen molar-refractivity contribution in [2.24, 2.45) is 5.92 Å². The Hall–Kier alpha value is -0.860. The van der Waals surface area contributed by atoms with E-state index < -0.39 is 0 Å². The van der Waals surface area contributed by atoms with E-state index in [4.69, 9.17) is 9.78 Å². The lowest BCUT2D eigenvalue weighted by Gasteiger charge is -2.05. The minimum atomic E-state index is 0.520. The lowest BCUT2D eigenvalue weighted by Crippen LogP contribution is -2.05. The highest BCUT2D eigenvalue weighted by Crippen LogP contribution is 2.00. The first kappa shape index (κ1) is 11.2. The van der Waals surface area contributed by atoms with Gasteiger partial charge < -0.3 is 0 Å². The predicted molar refractivity (Wildman–Crippen MR) is 56.9 cm³/mol. The van der Waals surface area contributed by atoms with Gasteiger partial charge in [0, 0.05) is 0 Å². The van der Waals surface area contributed by atoms with Crippen molar-refractivity contribution in [2.45, 2.75) is 20.3 Å². The van der Waals surface area contributed by atoms with Gasteiger partial charge in [-0.3, -0.25) is 0 Å². The predicted octanol–water partition coefficient (Wildman–Crippen LogP) is 2.83.